The van der Waals surface area contributed by atoms with E-state index in [4.69, 9.17) is 4.52 Å². The van der Waals surface area contributed by atoms with Gasteiger partial charge in [0, 0.05) is 12.4 Å². The molecule has 2 rings (SSSR count). The number of hydrogen-bond acceptors (Lipinski definition) is 6. The second kappa shape index (κ2) is 4.09. The lowest BCUT2D eigenvalue weighted by atomic mass is 10.2. The maximum atomic E-state index is 11.3. The van der Waals surface area contributed by atoms with Gasteiger partial charge in [0.15, 0.2) is 5.82 Å². The van der Waals surface area contributed by atoms with Gasteiger partial charge in [0.2, 0.25) is 0 Å². The second-order valence-electron chi connectivity index (χ2n) is 3.10. The van der Waals surface area contributed by atoms with Gasteiger partial charge in [-0.2, -0.15) is 4.98 Å². The minimum Gasteiger partial charge on any atom is -0.465 e. The molecule has 0 spiro atoms. The standard InChI is InChI=1S/C10H9N3O3/c1-6-12-9(16-13-6)7-3-8(5-11-4-7)10(14)15-2/h3-5H,1-2H3. The van der Waals surface area contributed by atoms with E-state index in [0.29, 0.717) is 22.8 Å². The summed E-state index contributed by atoms with van der Waals surface area (Å²) in [6.45, 7) is 1.71. The summed E-state index contributed by atoms with van der Waals surface area (Å²) in [6.07, 6.45) is 2.96. The molecule has 0 aliphatic rings. The van der Waals surface area contributed by atoms with Gasteiger partial charge < -0.3 is 9.26 Å². The second-order valence-corrected chi connectivity index (χ2v) is 3.10. The van der Waals surface area contributed by atoms with Gasteiger partial charge in [-0.05, 0) is 13.0 Å². The van der Waals surface area contributed by atoms with Crippen molar-refractivity contribution in [2.24, 2.45) is 0 Å². The summed E-state index contributed by atoms with van der Waals surface area (Å²) in [7, 11) is 1.31. The Bertz CT molecular complexity index is 522. The number of rotatable bonds is 2. The van der Waals surface area contributed by atoms with Crippen molar-refractivity contribution in [3.05, 3.63) is 29.8 Å². The summed E-state index contributed by atoms with van der Waals surface area (Å²) >= 11 is 0. The molecule has 0 saturated heterocycles. The number of hydrogen-bond donors (Lipinski definition) is 0. The molecule has 16 heavy (non-hydrogen) atoms. The quantitative estimate of drug-likeness (QED) is 0.707. The van der Waals surface area contributed by atoms with Crippen molar-refractivity contribution in [1.29, 1.82) is 0 Å². The van der Waals surface area contributed by atoms with Gasteiger partial charge in [-0.25, -0.2) is 4.79 Å². The van der Waals surface area contributed by atoms with Crippen molar-refractivity contribution >= 4 is 5.97 Å². The van der Waals surface area contributed by atoms with Crippen LogP contribution in [-0.2, 0) is 4.74 Å². The number of nitrogens with zero attached hydrogens (tertiary/aromatic N) is 3. The SMILES string of the molecule is COC(=O)c1cncc(-c2nc(C)no2)c1. The first kappa shape index (κ1) is 10.3. The van der Waals surface area contributed by atoms with E-state index >= 15 is 0 Å². The fourth-order valence-corrected chi connectivity index (χ4v) is 1.20. The monoisotopic (exact) mass is 219 g/mol. The lowest BCUT2D eigenvalue weighted by Crippen LogP contribution is -2.01. The summed E-state index contributed by atoms with van der Waals surface area (Å²) in [6, 6.07) is 1.59. The largest absolute Gasteiger partial charge is 0.465 e. The Morgan fingerprint density at radius 1 is 1.44 bits per heavy atom. The lowest BCUT2D eigenvalue weighted by Gasteiger charge is -1.99. The normalized spacial score (nSPS) is 10.1. The van der Waals surface area contributed by atoms with Crippen LogP contribution in [0.15, 0.2) is 23.0 Å². The van der Waals surface area contributed by atoms with Crippen LogP contribution in [0.1, 0.15) is 16.2 Å². The Morgan fingerprint density at radius 2 is 2.25 bits per heavy atom. The molecule has 2 heterocycles. The number of ether oxygens (including phenoxy) is 1. The third kappa shape index (κ3) is 1.90. The van der Waals surface area contributed by atoms with E-state index in [-0.39, 0.29) is 0 Å². The third-order valence-corrected chi connectivity index (χ3v) is 1.93. The molecule has 82 valence electrons. The predicted molar refractivity (Wildman–Crippen MR) is 53.6 cm³/mol. The predicted octanol–water partition coefficient (Wildman–Crippen LogP) is 1.23. The van der Waals surface area contributed by atoms with Crippen molar-refractivity contribution in [3.63, 3.8) is 0 Å². The van der Waals surface area contributed by atoms with Crippen molar-refractivity contribution in [2.75, 3.05) is 7.11 Å². The summed E-state index contributed by atoms with van der Waals surface area (Å²) < 4.78 is 9.55. The average Bonchev–Trinajstić information content (AvgIpc) is 2.75. The molecule has 0 N–H and O–H groups in total. The first-order valence-electron chi connectivity index (χ1n) is 4.55. The molecule has 0 unspecified atom stereocenters. The number of esters is 1. The van der Waals surface area contributed by atoms with Crippen LogP contribution in [0.25, 0.3) is 11.5 Å². The number of carbonyl (C=O) groups excluding carboxylic acids is 1. The third-order valence-electron chi connectivity index (χ3n) is 1.93. The van der Waals surface area contributed by atoms with Gasteiger partial charge in [0.05, 0.1) is 18.2 Å². The highest BCUT2D eigenvalue weighted by Gasteiger charge is 2.11. The van der Waals surface area contributed by atoms with Gasteiger partial charge in [-0.15, -0.1) is 0 Å². The fourth-order valence-electron chi connectivity index (χ4n) is 1.20. The molecule has 0 bridgehead atoms. The summed E-state index contributed by atoms with van der Waals surface area (Å²) in [5, 5.41) is 3.66. The van der Waals surface area contributed by atoms with Gasteiger partial charge in [-0.1, -0.05) is 5.16 Å². The number of methoxy groups -OCH3 is 1. The Kier molecular flexibility index (Phi) is 2.63. The van der Waals surface area contributed by atoms with E-state index in [0.717, 1.165) is 0 Å². The molecule has 0 atom stereocenters. The average molecular weight is 219 g/mol. The summed E-state index contributed by atoms with van der Waals surface area (Å²) in [5.74, 6) is 0.403. The van der Waals surface area contributed by atoms with Crippen LogP contribution in [0, 0.1) is 6.92 Å². The van der Waals surface area contributed by atoms with Crippen LogP contribution < -0.4 is 0 Å². The van der Waals surface area contributed by atoms with Crippen LogP contribution in [0.5, 0.6) is 0 Å². The molecule has 2 aromatic heterocycles. The van der Waals surface area contributed by atoms with E-state index in [9.17, 15) is 4.79 Å². The topological polar surface area (TPSA) is 78.1 Å². The van der Waals surface area contributed by atoms with E-state index in [1.165, 1.54) is 13.3 Å². The molecular weight excluding hydrogens is 210 g/mol. The van der Waals surface area contributed by atoms with Crippen molar-refractivity contribution in [3.8, 4) is 11.5 Å². The number of carbonyl (C=O) groups is 1. The molecule has 0 aliphatic heterocycles. The first-order valence-corrected chi connectivity index (χ1v) is 4.55. The highest BCUT2D eigenvalue weighted by atomic mass is 16.5. The lowest BCUT2D eigenvalue weighted by molar-refractivity contribution is 0.0600. The zero-order chi connectivity index (χ0) is 11.5. The van der Waals surface area contributed by atoms with Gasteiger partial charge in [-0.3, -0.25) is 4.98 Å². The van der Waals surface area contributed by atoms with Crippen LogP contribution in [-0.4, -0.2) is 28.2 Å². The van der Waals surface area contributed by atoms with Crippen LogP contribution in [0.4, 0.5) is 0 Å². The van der Waals surface area contributed by atoms with Gasteiger partial charge >= 0.3 is 5.97 Å². The van der Waals surface area contributed by atoms with E-state index in [1.54, 1.807) is 19.2 Å². The highest BCUT2D eigenvalue weighted by molar-refractivity contribution is 5.90. The van der Waals surface area contributed by atoms with Crippen LogP contribution in [0.3, 0.4) is 0 Å². The van der Waals surface area contributed by atoms with E-state index < -0.39 is 5.97 Å². The van der Waals surface area contributed by atoms with Crippen LogP contribution in [0.2, 0.25) is 0 Å². The van der Waals surface area contributed by atoms with Crippen molar-refractivity contribution in [2.45, 2.75) is 6.92 Å². The minimum absolute atomic E-state index is 0.329. The number of aromatic nitrogens is 3. The molecule has 2 aromatic rings. The maximum Gasteiger partial charge on any atom is 0.339 e. The molecular formula is C10H9N3O3. The zero-order valence-electron chi connectivity index (χ0n) is 8.80. The van der Waals surface area contributed by atoms with Gasteiger partial charge in [0.25, 0.3) is 5.89 Å². The molecule has 0 amide bonds. The smallest absolute Gasteiger partial charge is 0.339 e. The zero-order valence-corrected chi connectivity index (χ0v) is 8.80. The molecule has 0 saturated carbocycles. The van der Waals surface area contributed by atoms with Crippen molar-refractivity contribution in [1.82, 2.24) is 15.1 Å². The molecule has 0 fully saturated rings. The Balaban J connectivity index is 2.39. The maximum absolute atomic E-state index is 11.3. The summed E-state index contributed by atoms with van der Waals surface area (Å²) in [5.41, 5.74) is 0.930. The molecule has 0 aliphatic carbocycles. The summed E-state index contributed by atoms with van der Waals surface area (Å²) in [4.78, 5) is 19.2. The molecule has 0 aromatic carbocycles. The number of pyridine rings is 1. The first-order chi connectivity index (χ1) is 7.70. The Morgan fingerprint density at radius 3 is 2.88 bits per heavy atom. The Hall–Kier alpha value is -2.24. The van der Waals surface area contributed by atoms with Crippen LogP contribution >= 0.6 is 0 Å². The molecule has 6 nitrogen and oxygen atoms in total. The number of aryl methyl sites for hydroxylation is 1. The fraction of sp³-hybridized carbons (Fsp3) is 0.200. The minimum atomic E-state index is -0.453. The van der Waals surface area contributed by atoms with Gasteiger partial charge in [0.1, 0.15) is 0 Å². The Labute approximate surface area is 91.3 Å². The van der Waals surface area contributed by atoms with Crippen molar-refractivity contribution < 1.29 is 14.1 Å². The van der Waals surface area contributed by atoms with E-state index in [2.05, 4.69) is 19.9 Å². The van der Waals surface area contributed by atoms with E-state index in [1.807, 2.05) is 0 Å². The highest BCUT2D eigenvalue weighted by Crippen LogP contribution is 2.17. The molecule has 0 radical (unpaired) electrons. The molecule has 6 heteroatoms.